The summed E-state index contributed by atoms with van der Waals surface area (Å²) in [5, 5.41) is 23.0. The molecule has 0 heterocycles. The fourth-order valence-corrected chi connectivity index (χ4v) is 2.98. The van der Waals surface area contributed by atoms with E-state index in [2.05, 4.69) is 37.4 Å². The molecule has 0 aliphatic heterocycles. The van der Waals surface area contributed by atoms with Crippen molar-refractivity contribution in [1.82, 2.24) is 5.32 Å². The van der Waals surface area contributed by atoms with Gasteiger partial charge in [-0.25, -0.2) is 0 Å². The van der Waals surface area contributed by atoms with Gasteiger partial charge in [0.1, 0.15) is 0 Å². The van der Waals surface area contributed by atoms with Crippen molar-refractivity contribution in [2.24, 2.45) is 5.92 Å². The highest BCUT2D eigenvalue weighted by Crippen LogP contribution is 2.32. The van der Waals surface area contributed by atoms with E-state index in [1.54, 1.807) is 0 Å². The van der Waals surface area contributed by atoms with Crippen molar-refractivity contribution in [3.05, 3.63) is 35.4 Å². The Bertz CT molecular complexity index is 493. The summed E-state index contributed by atoms with van der Waals surface area (Å²) in [5.74, 6) is -1.03. The van der Waals surface area contributed by atoms with Crippen LogP contribution in [0.4, 0.5) is 0 Å². The second-order valence-corrected chi connectivity index (χ2v) is 6.35. The van der Waals surface area contributed by atoms with Gasteiger partial charge in [0.05, 0.1) is 11.5 Å². The zero-order chi connectivity index (χ0) is 15.5. The molecule has 0 aromatic heterocycles. The van der Waals surface area contributed by atoms with E-state index in [-0.39, 0.29) is 12.0 Å². The summed E-state index contributed by atoms with van der Waals surface area (Å²) in [6.07, 6.45) is 2.23. The van der Waals surface area contributed by atoms with Gasteiger partial charge in [-0.3, -0.25) is 4.79 Å². The number of benzene rings is 1. The molecule has 0 spiro atoms. The highest BCUT2D eigenvalue weighted by molar-refractivity contribution is 5.70. The molecule has 1 atom stereocenters. The Kier molecular flexibility index (Phi) is 5.01. The Labute approximate surface area is 126 Å². The maximum Gasteiger partial charge on any atom is 0.306 e. The average molecular weight is 291 g/mol. The van der Waals surface area contributed by atoms with E-state index in [9.17, 15) is 9.90 Å². The Morgan fingerprint density at radius 1 is 1.43 bits per heavy atom. The van der Waals surface area contributed by atoms with Crippen LogP contribution in [0.25, 0.3) is 0 Å². The first kappa shape index (κ1) is 16.0. The van der Waals surface area contributed by atoms with Crippen LogP contribution in [-0.2, 0) is 4.79 Å². The molecular weight excluding hydrogens is 266 g/mol. The van der Waals surface area contributed by atoms with Crippen LogP contribution in [0.1, 0.15) is 49.8 Å². The molecule has 116 valence electrons. The van der Waals surface area contributed by atoms with E-state index in [1.165, 1.54) is 11.1 Å². The van der Waals surface area contributed by atoms with Crippen LogP contribution in [0.15, 0.2) is 24.3 Å². The van der Waals surface area contributed by atoms with Gasteiger partial charge < -0.3 is 15.5 Å². The Morgan fingerprint density at radius 3 is 2.67 bits per heavy atom. The fraction of sp³-hybridized carbons (Fsp3) is 0.588. The maximum atomic E-state index is 11.0. The van der Waals surface area contributed by atoms with E-state index in [0.29, 0.717) is 32.2 Å². The summed E-state index contributed by atoms with van der Waals surface area (Å²) in [5.41, 5.74) is 1.66. The summed E-state index contributed by atoms with van der Waals surface area (Å²) in [6.45, 7) is 4.66. The minimum Gasteiger partial charge on any atom is -0.481 e. The van der Waals surface area contributed by atoms with Crippen LogP contribution in [-0.4, -0.2) is 28.3 Å². The van der Waals surface area contributed by atoms with E-state index in [0.717, 1.165) is 0 Å². The summed E-state index contributed by atoms with van der Waals surface area (Å²) in [4.78, 5) is 11.0. The largest absolute Gasteiger partial charge is 0.481 e. The summed E-state index contributed by atoms with van der Waals surface area (Å²) < 4.78 is 0. The van der Waals surface area contributed by atoms with Gasteiger partial charge in [0.15, 0.2) is 0 Å². The Balaban J connectivity index is 1.86. The average Bonchev–Trinajstić information content (AvgIpc) is 2.45. The number of carboxylic acids is 1. The van der Waals surface area contributed by atoms with Crippen molar-refractivity contribution in [3.63, 3.8) is 0 Å². The van der Waals surface area contributed by atoms with Gasteiger partial charge in [0.25, 0.3) is 0 Å². The van der Waals surface area contributed by atoms with Crippen LogP contribution < -0.4 is 5.32 Å². The smallest absolute Gasteiger partial charge is 0.306 e. The second-order valence-electron chi connectivity index (χ2n) is 6.35. The molecule has 4 nitrogen and oxygen atoms in total. The molecule has 4 heteroatoms. The first-order valence-electron chi connectivity index (χ1n) is 7.65. The van der Waals surface area contributed by atoms with Crippen LogP contribution in [0.2, 0.25) is 0 Å². The van der Waals surface area contributed by atoms with Crippen molar-refractivity contribution >= 4 is 5.97 Å². The molecular formula is C17H25NO3. The molecule has 3 N–H and O–H groups in total. The Morgan fingerprint density at radius 2 is 2.10 bits per heavy atom. The molecule has 0 saturated heterocycles. The summed E-state index contributed by atoms with van der Waals surface area (Å²) in [6, 6.07) is 8.50. The third kappa shape index (κ3) is 4.29. The van der Waals surface area contributed by atoms with E-state index >= 15 is 0 Å². The highest BCUT2D eigenvalue weighted by atomic mass is 16.4. The molecule has 0 amide bonds. The van der Waals surface area contributed by atoms with Crippen LogP contribution >= 0.6 is 0 Å². The van der Waals surface area contributed by atoms with Crippen molar-refractivity contribution in [2.75, 3.05) is 6.54 Å². The highest BCUT2D eigenvalue weighted by Gasteiger charge is 2.35. The number of carbonyl (C=O) groups is 1. The Hall–Kier alpha value is -1.39. The number of nitrogens with one attached hydrogen (secondary N) is 1. The van der Waals surface area contributed by atoms with Gasteiger partial charge in [-0.15, -0.1) is 0 Å². The molecule has 1 saturated carbocycles. The van der Waals surface area contributed by atoms with Crippen LogP contribution in [0.3, 0.4) is 0 Å². The molecule has 0 radical (unpaired) electrons. The lowest BCUT2D eigenvalue weighted by Crippen LogP contribution is -2.45. The molecule has 1 aromatic rings. The number of aliphatic hydroxyl groups is 1. The van der Waals surface area contributed by atoms with E-state index in [4.69, 9.17) is 5.11 Å². The normalized spacial score (nSPS) is 27.3. The standard InChI is InChI=1S/C17H25NO3/c1-12-4-3-5-15(10-12)13(2)18-11-17(21)8-6-14(7-9-17)16(19)20/h3-5,10,13-14,18,21H,6-9,11H2,1-2H3,(H,19,20)/t13-,14?,17?/m1/s1. The van der Waals surface area contributed by atoms with E-state index < -0.39 is 11.6 Å². The first-order chi connectivity index (χ1) is 9.89. The van der Waals surface area contributed by atoms with Crippen molar-refractivity contribution in [2.45, 2.75) is 51.2 Å². The topological polar surface area (TPSA) is 69.6 Å². The van der Waals surface area contributed by atoms with Gasteiger partial charge in [0, 0.05) is 12.6 Å². The molecule has 1 aliphatic rings. The fourth-order valence-electron chi connectivity index (χ4n) is 2.98. The van der Waals surface area contributed by atoms with Crippen LogP contribution in [0.5, 0.6) is 0 Å². The van der Waals surface area contributed by atoms with Gasteiger partial charge in [-0.05, 0) is 45.1 Å². The van der Waals surface area contributed by atoms with Crippen molar-refractivity contribution in [3.8, 4) is 0 Å². The summed E-state index contributed by atoms with van der Waals surface area (Å²) >= 11 is 0. The maximum absolute atomic E-state index is 11.0. The van der Waals surface area contributed by atoms with Gasteiger partial charge in [-0.1, -0.05) is 29.8 Å². The predicted molar refractivity (Wildman–Crippen MR) is 82.1 cm³/mol. The molecule has 2 rings (SSSR count). The molecule has 1 fully saturated rings. The third-order valence-electron chi connectivity index (χ3n) is 4.54. The van der Waals surface area contributed by atoms with Crippen molar-refractivity contribution in [1.29, 1.82) is 0 Å². The number of hydrogen-bond acceptors (Lipinski definition) is 3. The SMILES string of the molecule is Cc1cccc([C@@H](C)NCC2(O)CCC(C(=O)O)CC2)c1. The van der Waals surface area contributed by atoms with Gasteiger partial charge in [0.2, 0.25) is 0 Å². The predicted octanol–water partition coefficient (Wildman–Crippen LogP) is 2.65. The molecule has 1 aliphatic carbocycles. The number of aliphatic carboxylic acids is 1. The lowest BCUT2D eigenvalue weighted by Gasteiger charge is -2.35. The monoisotopic (exact) mass is 291 g/mol. The lowest BCUT2D eigenvalue weighted by molar-refractivity contribution is -0.144. The number of hydrogen-bond donors (Lipinski definition) is 3. The quantitative estimate of drug-likeness (QED) is 0.780. The van der Waals surface area contributed by atoms with Gasteiger partial charge >= 0.3 is 5.97 Å². The zero-order valence-electron chi connectivity index (χ0n) is 12.8. The lowest BCUT2D eigenvalue weighted by atomic mass is 9.78. The minimum atomic E-state index is -0.774. The number of aryl methyl sites for hydroxylation is 1. The zero-order valence-corrected chi connectivity index (χ0v) is 12.8. The minimum absolute atomic E-state index is 0.172. The second kappa shape index (κ2) is 6.58. The van der Waals surface area contributed by atoms with Gasteiger partial charge in [-0.2, -0.15) is 0 Å². The summed E-state index contributed by atoms with van der Waals surface area (Å²) in [7, 11) is 0. The molecule has 21 heavy (non-hydrogen) atoms. The molecule has 0 unspecified atom stereocenters. The first-order valence-corrected chi connectivity index (χ1v) is 7.65. The molecule has 1 aromatic carbocycles. The number of carboxylic acid groups (broad SMARTS) is 1. The third-order valence-corrected chi connectivity index (χ3v) is 4.54. The molecule has 0 bridgehead atoms. The van der Waals surface area contributed by atoms with E-state index in [1.807, 2.05) is 6.07 Å². The van der Waals surface area contributed by atoms with Crippen LogP contribution in [0, 0.1) is 12.8 Å². The number of rotatable bonds is 5. The van der Waals surface area contributed by atoms with Crippen molar-refractivity contribution < 1.29 is 15.0 Å².